The zero-order valence-corrected chi connectivity index (χ0v) is 15.2. The summed E-state index contributed by atoms with van der Waals surface area (Å²) in [6.45, 7) is 0.747. The van der Waals surface area contributed by atoms with Crippen molar-refractivity contribution in [1.82, 2.24) is 10.3 Å². The Hall–Kier alpha value is -2.14. The number of halogens is 2. The average Bonchev–Trinajstić information content (AvgIpc) is 3.41. The van der Waals surface area contributed by atoms with E-state index in [1.54, 1.807) is 12.3 Å². The number of amides is 1. The first-order chi connectivity index (χ1) is 12.6. The maximum absolute atomic E-state index is 13.3. The zero-order valence-electron chi connectivity index (χ0n) is 14.4. The number of nitrogens with zero attached hydrogens (tertiary/aromatic N) is 1. The van der Waals surface area contributed by atoms with E-state index in [0.29, 0.717) is 28.9 Å². The summed E-state index contributed by atoms with van der Waals surface area (Å²) in [5.74, 6) is 1.18. The van der Waals surface area contributed by atoms with Gasteiger partial charge in [0.05, 0.1) is 10.6 Å². The second-order valence-corrected chi connectivity index (χ2v) is 7.60. The molecule has 4 rings (SSSR count). The fraction of sp³-hybridized carbons (Fsp3) is 0.400. The molecule has 0 unspecified atom stereocenters. The lowest BCUT2D eigenvalue weighted by molar-refractivity contribution is 0.0937. The first kappa shape index (κ1) is 17.3. The van der Waals surface area contributed by atoms with Crippen LogP contribution in [0.5, 0.6) is 0 Å². The molecule has 1 aromatic carbocycles. The van der Waals surface area contributed by atoms with Gasteiger partial charge in [0.15, 0.2) is 0 Å². The molecule has 2 saturated carbocycles. The number of benzene rings is 1. The van der Waals surface area contributed by atoms with Crippen molar-refractivity contribution in [3.05, 3.63) is 52.4 Å². The molecule has 26 heavy (non-hydrogen) atoms. The molecule has 2 aromatic rings. The summed E-state index contributed by atoms with van der Waals surface area (Å²) in [4.78, 5) is 16.9. The van der Waals surface area contributed by atoms with Gasteiger partial charge in [0, 0.05) is 18.4 Å². The number of carbonyl (C=O) groups excluding carboxylic acids is 1. The van der Waals surface area contributed by atoms with E-state index in [2.05, 4.69) is 15.6 Å². The van der Waals surface area contributed by atoms with Gasteiger partial charge in [0.1, 0.15) is 11.6 Å². The van der Waals surface area contributed by atoms with Gasteiger partial charge >= 0.3 is 0 Å². The highest BCUT2D eigenvalue weighted by atomic mass is 35.5. The van der Waals surface area contributed by atoms with Gasteiger partial charge in [-0.2, -0.15) is 0 Å². The maximum atomic E-state index is 13.3. The van der Waals surface area contributed by atoms with E-state index in [-0.39, 0.29) is 10.9 Å². The van der Waals surface area contributed by atoms with E-state index in [4.69, 9.17) is 11.6 Å². The Balaban J connectivity index is 1.51. The highest BCUT2D eigenvalue weighted by Crippen LogP contribution is 2.42. The Morgan fingerprint density at radius 1 is 1.23 bits per heavy atom. The van der Waals surface area contributed by atoms with Crippen LogP contribution in [0.4, 0.5) is 15.9 Å². The number of pyridine rings is 1. The second-order valence-electron chi connectivity index (χ2n) is 7.19. The summed E-state index contributed by atoms with van der Waals surface area (Å²) in [6, 6.07) is 6.37. The Morgan fingerprint density at radius 3 is 2.69 bits per heavy atom. The van der Waals surface area contributed by atoms with Crippen LogP contribution in [0.15, 0.2) is 30.5 Å². The van der Waals surface area contributed by atoms with Crippen molar-refractivity contribution >= 4 is 29.0 Å². The van der Waals surface area contributed by atoms with E-state index >= 15 is 0 Å². The first-order valence-corrected chi connectivity index (χ1v) is 9.48. The Bertz CT molecular complexity index is 834. The summed E-state index contributed by atoms with van der Waals surface area (Å²) < 4.78 is 13.3. The van der Waals surface area contributed by atoms with Gasteiger partial charge in [0.25, 0.3) is 5.91 Å². The molecule has 6 heteroatoms. The van der Waals surface area contributed by atoms with Crippen LogP contribution < -0.4 is 10.6 Å². The van der Waals surface area contributed by atoms with Gasteiger partial charge < -0.3 is 10.6 Å². The van der Waals surface area contributed by atoms with Crippen molar-refractivity contribution in [2.24, 2.45) is 5.92 Å². The van der Waals surface area contributed by atoms with Gasteiger partial charge in [-0.05, 0) is 67.3 Å². The summed E-state index contributed by atoms with van der Waals surface area (Å²) in [7, 11) is 0. The number of anilines is 2. The molecule has 136 valence electrons. The lowest BCUT2D eigenvalue weighted by atomic mass is 9.85. The summed E-state index contributed by atoms with van der Waals surface area (Å²) >= 11 is 5.83. The van der Waals surface area contributed by atoms with E-state index in [1.165, 1.54) is 31.4 Å². The quantitative estimate of drug-likeness (QED) is 0.747. The predicted octanol–water partition coefficient (Wildman–Crippen LogP) is 5.03. The number of aromatic nitrogens is 1. The van der Waals surface area contributed by atoms with Gasteiger partial charge in [-0.3, -0.25) is 4.79 Å². The lowest BCUT2D eigenvalue weighted by Crippen LogP contribution is -2.32. The van der Waals surface area contributed by atoms with Gasteiger partial charge in [0.2, 0.25) is 0 Å². The van der Waals surface area contributed by atoms with Crippen molar-refractivity contribution < 1.29 is 9.18 Å². The molecule has 2 aliphatic rings. The second kappa shape index (κ2) is 7.23. The number of rotatable bonds is 6. The molecule has 2 fully saturated rings. The zero-order chi connectivity index (χ0) is 18.1. The van der Waals surface area contributed by atoms with Crippen molar-refractivity contribution in [2.45, 2.75) is 38.0 Å². The third-order valence-electron chi connectivity index (χ3n) is 5.17. The van der Waals surface area contributed by atoms with Gasteiger partial charge in [-0.15, -0.1) is 0 Å². The highest BCUT2D eigenvalue weighted by Gasteiger charge is 2.29. The average molecular weight is 374 g/mol. The molecule has 0 aliphatic heterocycles. The smallest absolute Gasteiger partial charge is 0.253 e. The Labute approximate surface area is 157 Å². The van der Waals surface area contributed by atoms with Crippen molar-refractivity contribution in [2.75, 3.05) is 11.9 Å². The molecule has 1 amide bonds. The van der Waals surface area contributed by atoms with Gasteiger partial charge in [-0.1, -0.05) is 18.0 Å². The monoisotopic (exact) mass is 373 g/mol. The van der Waals surface area contributed by atoms with Crippen LogP contribution in [-0.4, -0.2) is 17.4 Å². The van der Waals surface area contributed by atoms with Gasteiger partial charge in [-0.25, -0.2) is 9.37 Å². The van der Waals surface area contributed by atoms with Crippen LogP contribution in [0.2, 0.25) is 5.02 Å². The third kappa shape index (κ3) is 3.83. The number of hydrogen-bond donors (Lipinski definition) is 2. The van der Waals surface area contributed by atoms with Crippen LogP contribution in [-0.2, 0) is 0 Å². The molecule has 0 spiro atoms. The van der Waals surface area contributed by atoms with Crippen molar-refractivity contribution in [3.8, 4) is 0 Å². The molecular formula is C20H21ClFN3O. The topological polar surface area (TPSA) is 54.0 Å². The molecule has 1 aromatic heterocycles. The maximum Gasteiger partial charge on any atom is 0.253 e. The normalized spacial score (nSPS) is 16.8. The number of nitrogens with one attached hydrogen (secondary N) is 2. The van der Waals surface area contributed by atoms with E-state index < -0.39 is 5.82 Å². The molecule has 0 radical (unpaired) electrons. The van der Waals surface area contributed by atoms with E-state index in [1.807, 2.05) is 6.07 Å². The van der Waals surface area contributed by atoms with E-state index in [9.17, 15) is 9.18 Å². The minimum absolute atomic E-state index is 0.0392. The largest absolute Gasteiger partial charge is 0.352 e. The fourth-order valence-corrected chi connectivity index (χ4v) is 3.39. The Morgan fingerprint density at radius 2 is 2.04 bits per heavy atom. The molecule has 1 heterocycles. The minimum atomic E-state index is -0.456. The molecule has 0 saturated heterocycles. The predicted molar refractivity (Wildman–Crippen MR) is 101 cm³/mol. The van der Waals surface area contributed by atoms with Crippen LogP contribution >= 0.6 is 11.6 Å². The van der Waals surface area contributed by atoms with Crippen LogP contribution in [0.25, 0.3) is 0 Å². The van der Waals surface area contributed by atoms with Crippen molar-refractivity contribution in [3.63, 3.8) is 0 Å². The highest BCUT2D eigenvalue weighted by molar-refractivity contribution is 6.31. The number of carbonyl (C=O) groups is 1. The molecule has 4 nitrogen and oxygen atoms in total. The summed E-state index contributed by atoms with van der Waals surface area (Å²) in [5, 5.41) is 6.24. The van der Waals surface area contributed by atoms with Crippen LogP contribution in [0.3, 0.4) is 0 Å². The Kier molecular flexibility index (Phi) is 4.81. The molecule has 2 aliphatic carbocycles. The first-order valence-electron chi connectivity index (χ1n) is 9.10. The molecular weight excluding hydrogens is 353 g/mol. The van der Waals surface area contributed by atoms with Crippen LogP contribution in [0.1, 0.15) is 53.9 Å². The SMILES string of the molecule is O=C(NCC1CCC1)c1cnc(Nc2ccc(F)c(Cl)c2)cc1C1CC1. The fourth-order valence-electron chi connectivity index (χ4n) is 3.21. The number of hydrogen-bond acceptors (Lipinski definition) is 3. The van der Waals surface area contributed by atoms with E-state index in [0.717, 1.165) is 24.9 Å². The molecule has 0 atom stereocenters. The summed E-state index contributed by atoms with van der Waals surface area (Å²) in [5.41, 5.74) is 2.35. The molecule has 0 bridgehead atoms. The van der Waals surface area contributed by atoms with Crippen LogP contribution in [0, 0.1) is 11.7 Å². The van der Waals surface area contributed by atoms with Crippen molar-refractivity contribution in [1.29, 1.82) is 0 Å². The minimum Gasteiger partial charge on any atom is -0.352 e. The third-order valence-corrected chi connectivity index (χ3v) is 5.46. The lowest BCUT2D eigenvalue weighted by Gasteiger charge is -2.25. The summed E-state index contributed by atoms with van der Waals surface area (Å²) in [6.07, 6.45) is 7.50. The molecule has 2 N–H and O–H groups in total. The standard InChI is InChI=1S/C20H21ClFN3O/c21-17-8-14(6-7-18(17)22)25-19-9-15(13-4-5-13)16(11-23-19)20(26)24-10-12-2-1-3-12/h6-9,11-13H,1-5,10H2,(H,23,25)(H,24,26).